The molecule has 7 heteroatoms. The van der Waals surface area contributed by atoms with E-state index in [0.29, 0.717) is 29.5 Å². The van der Waals surface area contributed by atoms with Crippen LogP contribution in [0.15, 0.2) is 54.9 Å². The van der Waals surface area contributed by atoms with Crippen molar-refractivity contribution < 1.29 is 14.3 Å². The molecular weight excluding hydrogens is 356 g/mol. The number of hydrogen-bond donors (Lipinski definition) is 2. The average molecular weight is 376 g/mol. The zero-order chi connectivity index (χ0) is 19.3. The van der Waals surface area contributed by atoms with Gasteiger partial charge in [-0.05, 0) is 42.7 Å². The normalized spacial score (nSPS) is 16.1. The van der Waals surface area contributed by atoms with Crippen LogP contribution < -0.4 is 5.32 Å². The van der Waals surface area contributed by atoms with Gasteiger partial charge in [0.1, 0.15) is 17.6 Å². The topological polar surface area (TPSA) is 97.0 Å². The summed E-state index contributed by atoms with van der Waals surface area (Å²) in [6, 6.07) is 12.6. The zero-order valence-electron chi connectivity index (χ0n) is 15.2. The lowest BCUT2D eigenvalue weighted by Crippen LogP contribution is -2.21. The molecule has 1 aromatic carbocycles. The molecular formula is C21H20N4O3. The summed E-state index contributed by atoms with van der Waals surface area (Å²) in [7, 11) is 0. The molecule has 142 valence electrons. The molecule has 1 unspecified atom stereocenters. The molecule has 1 aliphatic rings. The van der Waals surface area contributed by atoms with Crippen LogP contribution in [0.4, 0.5) is 5.82 Å². The van der Waals surface area contributed by atoms with E-state index in [9.17, 15) is 9.59 Å². The van der Waals surface area contributed by atoms with E-state index in [0.717, 1.165) is 18.4 Å². The molecule has 28 heavy (non-hydrogen) atoms. The lowest BCUT2D eigenvalue weighted by atomic mass is 10.0. The van der Waals surface area contributed by atoms with Crippen LogP contribution >= 0.6 is 0 Å². The van der Waals surface area contributed by atoms with Crippen molar-refractivity contribution >= 4 is 17.5 Å². The number of hydrogen-bond acceptors (Lipinski definition) is 5. The first-order chi connectivity index (χ1) is 13.7. The number of benzene rings is 1. The van der Waals surface area contributed by atoms with Gasteiger partial charge in [-0.25, -0.2) is 4.98 Å². The Bertz CT molecular complexity index is 978. The predicted octanol–water partition coefficient (Wildman–Crippen LogP) is 3.01. The minimum Gasteiger partial charge on any atom is -0.370 e. The molecule has 0 saturated carbocycles. The smallest absolute Gasteiger partial charge is 0.256 e. The summed E-state index contributed by atoms with van der Waals surface area (Å²) >= 11 is 0. The standard InChI is InChI=1S/C21H20N4O3/c26-17(18-8-4-10-28-18)12-14-5-3-6-15(11-14)21(27)25-19-13-23-20(24-19)16-7-1-2-9-22-16/h1-3,5-7,9,11,13,18H,4,8,10,12H2,(H,23,24)(H,25,27). The quantitative estimate of drug-likeness (QED) is 0.689. The van der Waals surface area contributed by atoms with Crippen LogP contribution in [0, 0.1) is 0 Å². The summed E-state index contributed by atoms with van der Waals surface area (Å²) < 4.78 is 5.44. The summed E-state index contributed by atoms with van der Waals surface area (Å²) in [6.45, 7) is 0.642. The Morgan fingerprint density at radius 2 is 2.11 bits per heavy atom. The molecule has 1 aliphatic heterocycles. The maximum atomic E-state index is 12.6. The molecule has 1 amide bonds. The Balaban J connectivity index is 1.42. The molecule has 3 heterocycles. The minimum absolute atomic E-state index is 0.0589. The second-order valence-corrected chi connectivity index (χ2v) is 6.66. The highest BCUT2D eigenvalue weighted by Crippen LogP contribution is 2.18. The number of aromatic amines is 1. The molecule has 1 saturated heterocycles. The van der Waals surface area contributed by atoms with E-state index < -0.39 is 0 Å². The Morgan fingerprint density at radius 1 is 1.18 bits per heavy atom. The Kier molecular flexibility index (Phi) is 5.25. The van der Waals surface area contributed by atoms with Gasteiger partial charge in [0.2, 0.25) is 0 Å². The first-order valence-corrected chi connectivity index (χ1v) is 9.20. The maximum Gasteiger partial charge on any atom is 0.256 e. The third-order valence-corrected chi connectivity index (χ3v) is 4.59. The van der Waals surface area contributed by atoms with E-state index >= 15 is 0 Å². The van der Waals surface area contributed by atoms with Gasteiger partial charge in [-0.15, -0.1) is 0 Å². The molecule has 0 aliphatic carbocycles. The number of ether oxygens (including phenoxy) is 1. The highest BCUT2D eigenvalue weighted by atomic mass is 16.5. The lowest BCUT2D eigenvalue weighted by molar-refractivity contribution is -0.127. The number of amides is 1. The number of H-pyrrole nitrogens is 1. The molecule has 4 rings (SSSR count). The van der Waals surface area contributed by atoms with Crippen LogP contribution in [-0.4, -0.2) is 39.4 Å². The molecule has 0 spiro atoms. The monoisotopic (exact) mass is 376 g/mol. The molecule has 2 N–H and O–H groups in total. The van der Waals surface area contributed by atoms with Crippen molar-refractivity contribution in [3.63, 3.8) is 0 Å². The Hall–Kier alpha value is -3.32. The van der Waals surface area contributed by atoms with E-state index in [1.165, 1.54) is 0 Å². The number of carbonyl (C=O) groups excluding carboxylic acids is 2. The number of nitrogens with one attached hydrogen (secondary N) is 2. The summed E-state index contributed by atoms with van der Waals surface area (Å²) in [5, 5.41) is 2.79. The van der Waals surface area contributed by atoms with E-state index in [4.69, 9.17) is 4.74 Å². The van der Waals surface area contributed by atoms with E-state index in [1.54, 1.807) is 30.6 Å². The van der Waals surface area contributed by atoms with Crippen LogP contribution in [0.1, 0.15) is 28.8 Å². The minimum atomic E-state index is -0.313. The van der Waals surface area contributed by atoms with Gasteiger partial charge in [-0.3, -0.25) is 14.6 Å². The summed E-state index contributed by atoms with van der Waals surface area (Å²) in [5.41, 5.74) is 1.97. The van der Waals surface area contributed by atoms with Gasteiger partial charge in [0.25, 0.3) is 5.91 Å². The van der Waals surface area contributed by atoms with Gasteiger partial charge in [-0.2, -0.15) is 0 Å². The number of Topliss-reactive ketones (excluding diaryl/α,β-unsaturated/α-hetero) is 1. The highest BCUT2D eigenvalue weighted by molar-refractivity contribution is 6.04. The second kappa shape index (κ2) is 8.14. The first-order valence-electron chi connectivity index (χ1n) is 9.20. The molecule has 1 atom stereocenters. The van der Waals surface area contributed by atoms with E-state index in [-0.39, 0.29) is 24.2 Å². The summed E-state index contributed by atoms with van der Waals surface area (Å²) in [5.74, 6) is 0.838. The largest absolute Gasteiger partial charge is 0.370 e. The number of ketones is 1. The van der Waals surface area contributed by atoms with Crippen molar-refractivity contribution in [3.05, 3.63) is 66.0 Å². The van der Waals surface area contributed by atoms with Gasteiger partial charge in [0.15, 0.2) is 11.6 Å². The van der Waals surface area contributed by atoms with Crippen molar-refractivity contribution in [1.82, 2.24) is 15.0 Å². The first kappa shape index (κ1) is 18.1. The fraction of sp³-hybridized carbons (Fsp3) is 0.238. The summed E-state index contributed by atoms with van der Waals surface area (Å²) in [6.07, 6.45) is 4.87. The molecule has 2 aromatic heterocycles. The van der Waals surface area contributed by atoms with Crippen LogP contribution in [-0.2, 0) is 16.0 Å². The number of rotatable bonds is 6. The number of anilines is 1. The number of nitrogens with zero attached hydrogens (tertiary/aromatic N) is 2. The Morgan fingerprint density at radius 3 is 2.89 bits per heavy atom. The highest BCUT2D eigenvalue weighted by Gasteiger charge is 2.23. The van der Waals surface area contributed by atoms with Gasteiger partial charge in [-0.1, -0.05) is 18.2 Å². The lowest BCUT2D eigenvalue weighted by Gasteiger charge is -2.09. The fourth-order valence-corrected chi connectivity index (χ4v) is 3.18. The predicted molar refractivity (Wildman–Crippen MR) is 104 cm³/mol. The molecule has 1 fully saturated rings. The SMILES string of the molecule is O=C(Nc1cnc(-c2ccccn2)[nH]1)c1cccc(CC(=O)C2CCCO2)c1. The number of aromatic nitrogens is 3. The number of carbonyl (C=O) groups is 2. The Labute approximate surface area is 162 Å². The molecule has 7 nitrogen and oxygen atoms in total. The molecule has 0 bridgehead atoms. The maximum absolute atomic E-state index is 12.6. The van der Waals surface area contributed by atoms with Gasteiger partial charge >= 0.3 is 0 Å². The third kappa shape index (κ3) is 4.15. The zero-order valence-corrected chi connectivity index (χ0v) is 15.2. The average Bonchev–Trinajstić information content (AvgIpc) is 3.41. The molecule has 0 radical (unpaired) electrons. The van der Waals surface area contributed by atoms with Crippen LogP contribution in [0.5, 0.6) is 0 Å². The molecule has 3 aromatic rings. The fourth-order valence-electron chi connectivity index (χ4n) is 3.18. The van der Waals surface area contributed by atoms with Crippen molar-refractivity contribution in [2.75, 3.05) is 11.9 Å². The summed E-state index contributed by atoms with van der Waals surface area (Å²) in [4.78, 5) is 36.4. The van der Waals surface area contributed by atoms with Crippen molar-refractivity contribution in [3.8, 4) is 11.5 Å². The van der Waals surface area contributed by atoms with Crippen LogP contribution in [0.2, 0.25) is 0 Å². The van der Waals surface area contributed by atoms with Gasteiger partial charge < -0.3 is 15.0 Å². The van der Waals surface area contributed by atoms with E-state index in [1.807, 2.05) is 24.3 Å². The van der Waals surface area contributed by atoms with Crippen LogP contribution in [0.3, 0.4) is 0 Å². The third-order valence-electron chi connectivity index (χ3n) is 4.59. The van der Waals surface area contributed by atoms with Crippen molar-refractivity contribution in [1.29, 1.82) is 0 Å². The van der Waals surface area contributed by atoms with Gasteiger partial charge in [0.05, 0.1) is 6.20 Å². The number of imidazole rings is 1. The van der Waals surface area contributed by atoms with Crippen molar-refractivity contribution in [2.45, 2.75) is 25.4 Å². The second-order valence-electron chi connectivity index (χ2n) is 6.66. The van der Waals surface area contributed by atoms with Crippen molar-refractivity contribution in [2.24, 2.45) is 0 Å². The number of pyridine rings is 1. The van der Waals surface area contributed by atoms with Gasteiger partial charge in [0, 0.05) is 24.8 Å². The van der Waals surface area contributed by atoms with Crippen LogP contribution in [0.25, 0.3) is 11.5 Å². The van der Waals surface area contributed by atoms with E-state index in [2.05, 4.69) is 20.3 Å².